The summed E-state index contributed by atoms with van der Waals surface area (Å²) >= 11 is 0. The summed E-state index contributed by atoms with van der Waals surface area (Å²) < 4.78 is 16.1. The van der Waals surface area contributed by atoms with Crippen molar-refractivity contribution in [3.05, 3.63) is 24.2 Å². The van der Waals surface area contributed by atoms with Crippen molar-refractivity contribution in [3.8, 4) is 0 Å². The maximum absolute atomic E-state index is 9.81. The molecule has 0 bridgehead atoms. The summed E-state index contributed by atoms with van der Waals surface area (Å²) in [6, 6.07) is 3.94. The van der Waals surface area contributed by atoms with Crippen LogP contribution in [0.1, 0.15) is 25.5 Å². The van der Waals surface area contributed by atoms with Gasteiger partial charge in [-0.1, -0.05) is 0 Å². The van der Waals surface area contributed by atoms with Gasteiger partial charge in [0.25, 0.3) is 0 Å². The highest BCUT2D eigenvalue weighted by molar-refractivity contribution is 4.96. The molecule has 0 spiro atoms. The highest BCUT2D eigenvalue weighted by Crippen LogP contribution is 2.15. The number of rotatable bonds is 8. The topological polar surface area (TPSA) is 63.9 Å². The molecule has 1 aromatic rings. The van der Waals surface area contributed by atoms with Crippen LogP contribution in [0.15, 0.2) is 22.8 Å². The van der Waals surface area contributed by atoms with Gasteiger partial charge in [0.05, 0.1) is 25.1 Å². The van der Waals surface area contributed by atoms with Crippen molar-refractivity contribution < 1.29 is 19.0 Å². The third-order valence-corrected chi connectivity index (χ3v) is 3.33. The van der Waals surface area contributed by atoms with Gasteiger partial charge < -0.3 is 24.3 Å². The first-order chi connectivity index (χ1) is 9.25. The van der Waals surface area contributed by atoms with Crippen molar-refractivity contribution in [2.45, 2.75) is 44.6 Å². The predicted octanol–water partition coefficient (Wildman–Crippen LogP) is 1.31. The lowest BCUT2D eigenvalue weighted by molar-refractivity contribution is 0.0172. The number of ether oxygens (including phenoxy) is 2. The standard InChI is InChI=1S/C14H23NO4/c1-11(14-5-3-7-19-14)15-8-12(16)9-17-10-13-4-2-6-18-13/h2,4,6,11-12,14-16H,3,5,7-10H2,1H3. The van der Waals surface area contributed by atoms with E-state index in [0.29, 0.717) is 19.8 Å². The Morgan fingerprint density at radius 3 is 3.16 bits per heavy atom. The van der Waals surface area contributed by atoms with Gasteiger partial charge in [-0.15, -0.1) is 0 Å². The molecular weight excluding hydrogens is 246 g/mol. The lowest BCUT2D eigenvalue weighted by Crippen LogP contribution is -2.42. The summed E-state index contributed by atoms with van der Waals surface area (Å²) in [6.07, 6.45) is 3.60. The number of aliphatic hydroxyl groups excluding tert-OH is 1. The third-order valence-electron chi connectivity index (χ3n) is 3.33. The molecule has 108 valence electrons. The molecule has 3 atom stereocenters. The smallest absolute Gasteiger partial charge is 0.129 e. The van der Waals surface area contributed by atoms with Crippen LogP contribution < -0.4 is 5.32 Å². The minimum atomic E-state index is -0.515. The fraction of sp³-hybridized carbons (Fsp3) is 0.714. The van der Waals surface area contributed by atoms with Gasteiger partial charge in [0.1, 0.15) is 12.4 Å². The summed E-state index contributed by atoms with van der Waals surface area (Å²) in [4.78, 5) is 0. The van der Waals surface area contributed by atoms with E-state index in [1.54, 1.807) is 6.26 Å². The van der Waals surface area contributed by atoms with Crippen LogP contribution in [-0.2, 0) is 16.1 Å². The zero-order valence-electron chi connectivity index (χ0n) is 11.4. The molecule has 1 aliphatic heterocycles. The van der Waals surface area contributed by atoms with Crippen molar-refractivity contribution in [2.24, 2.45) is 0 Å². The van der Waals surface area contributed by atoms with Crippen LogP contribution >= 0.6 is 0 Å². The molecule has 3 unspecified atom stereocenters. The SMILES string of the molecule is CC(NCC(O)COCc1ccco1)C1CCCO1. The van der Waals surface area contributed by atoms with Crippen LogP contribution in [0.25, 0.3) is 0 Å². The molecule has 1 aliphatic rings. The number of hydrogen-bond acceptors (Lipinski definition) is 5. The predicted molar refractivity (Wildman–Crippen MR) is 70.8 cm³/mol. The van der Waals surface area contributed by atoms with E-state index in [9.17, 15) is 5.11 Å². The number of nitrogens with one attached hydrogen (secondary N) is 1. The Balaban J connectivity index is 1.55. The summed E-state index contributed by atoms with van der Waals surface area (Å²) in [6.45, 7) is 4.15. The Morgan fingerprint density at radius 1 is 1.58 bits per heavy atom. The van der Waals surface area contributed by atoms with Gasteiger partial charge in [-0.25, -0.2) is 0 Å². The highest BCUT2D eigenvalue weighted by atomic mass is 16.5. The molecule has 0 amide bonds. The molecule has 19 heavy (non-hydrogen) atoms. The third kappa shape index (κ3) is 4.95. The normalized spacial score (nSPS) is 22.5. The Kier molecular flexibility index (Phi) is 5.85. The average Bonchev–Trinajstić information content (AvgIpc) is 3.08. The van der Waals surface area contributed by atoms with E-state index in [1.807, 2.05) is 12.1 Å². The second-order valence-electron chi connectivity index (χ2n) is 5.00. The molecular formula is C14H23NO4. The van der Waals surface area contributed by atoms with E-state index in [2.05, 4.69) is 12.2 Å². The first kappa shape index (κ1) is 14.5. The first-order valence-electron chi connectivity index (χ1n) is 6.89. The van der Waals surface area contributed by atoms with E-state index in [4.69, 9.17) is 13.9 Å². The van der Waals surface area contributed by atoms with E-state index in [-0.39, 0.29) is 12.1 Å². The monoisotopic (exact) mass is 269 g/mol. The van der Waals surface area contributed by atoms with Gasteiger partial charge in [-0.3, -0.25) is 0 Å². The zero-order chi connectivity index (χ0) is 13.5. The molecule has 0 aromatic carbocycles. The molecule has 2 rings (SSSR count). The highest BCUT2D eigenvalue weighted by Gasteiger charge is 2.22. The number of aliphatic hydroxyl groups is 1. The maximum Gasteiger partial charge on any atom is 0.129 e. The summed E-state index contributed by atoms with van der Waals surface area (Å²) in [5, 5.41) is 13.1. The summed E-state index contributed by atoms with van der Waals surface area (Å²) in [5.74, 6) is 0.771. The number of furan rings is 1. The molecule has 0 saturated carbocycles. The fourth-order valence-electron chi connectivity index (χ4n) is 2.20. The molecule has 1 fully saturated rings. The summed E-state index contributed by atoms with van der Waals surface area (Å²) in [5.41, 5.74) is 0. The van der Waals surface area contributed by atoms with Gasteiger partial charge in [-0.2, -0.15) is 0 Å². The van der Waals surface area contributed by atoms with Crippen molar-refractivity contribution in [1.82, 2.24) is 5.32 Å². The minimum Gasteiger partial charge on any atom is -0.467 e. The zero-order valence-corrected chi connectivity index (χ0v) is 11.4. The lowest BCUT2D eigenvalue weighted by Gasteiger charge is -2.21. The second kappa shape index (κ2) is 7.65. The van der Waals surface area contributed by atoms with Crippen LogP contribution in [0.3, 0.4) is 0 Å². The Morgan fingerprint density at radius 2 is 2.47 bits per heavy atom. The van der Waals surface area contributed by atoms with Crippen molar-refractivity contribution in [1.29, 1.82) is 0 Å². The Labute approximate surface area is 113 Å². The van der Waals surface area contributed by atoms with Crippen LogP contribution in [0, 0.1) is 0 Å². The largest absolute Gasteiger partial charge is 0.467 e. The van der Waals surface area contributed by atoms with Crippen LogP contribution in [0.5, 0.6) is 0 Å². The molecule has 0 aliphatic carbocycles. The van der Waals surface area contributed by atoms with Crippen LogP contribution in [0.2, 0.25) is 0 Å². The first-order valence-corrected chi connectivity index (χ1v) is 6.89. The number of hydrogen-bond donors (Lipinski definition) is 2. The second-order valence-corrected chi connectivity index (χ2v) is 5.00. The van der Waals surface area contributed by atoms with Crippen molar-refractivity contribution >= 4 is 0 Å². The minimum absolute atomic E-state index is 0.266. The maximum atomic E-state index is 9.81. The summed E-state index contributed by atoms with van der Waals surface area (Å²) in [7, 11) is 0. The van der Waals surface area contributed by atoms with E-state index in [0.717, 1.165) is 25.2 Å². The molecule has 2 N–H and O–H groups in total. The van der Waals surface area contributed by atoms with Crippen LogP contribution in [-0.4, -0.2) is 43.1 Å². The molecule has 5 nitrogen and oxygen atoms in total. The molecule has 5 heteroatoms. The van der Waals surface area contributed by atoms with Gasteiger partial charge in [-0.05, 0) is 31.9 Å². The van der Waals surface area contributed by atoms with Gasteiger partial charge in [0, 0.05) is 19.2 Å². The van der Waals surface area contributed by atoms with E-state index in [1.165, 1.54) is 0 Å². The van der Waals surface area contributed by atoms with Gasteiger partial charge >= 0.3 is 0 Å². The van der Waals surface area contributed by atoms with Crippen molar-refractivity contribution in [3.63, 3.8) is 0 Å². The van der Waals surface area contributed by atoms with E-state index >= 15 is 0 Å². The molecule has 0 radical (unpaired) electrons. The van der Waals surface area contributed by atoms with E-state index < -0.39 is 6.10 Å². The Bertz CT molecular complexity index is 335. The van der Waals surface area contributed by atoms with Gasteiger partial charge in [0.15, 0.2) is 0 Å². The van der Waals surface area contributed by atoms with Gasteiger partial charge in [0.2, 0.25) is 0 Å². The fourth-order valence-corrected chi connectivity index (χ4v) is 2.20. The van der Waals surface area contributed by atoms with Crippen LogP contribution in [0.4, 0.5) is 0 Å². The molecule has 1 saturated heterocycles. The molecule has 2 heterocycles. The Hall–Kier alpha value is -0.880. The van der Waals surface area contributed by atoms with Crippen molar-refractivity contribution in [2.75, 3.05) is 19.8 Å². The quantitative estimate of drug-likeness (QED) is 0.745. The molecule has 1 aromatic heterocycles. The average molecular weight is 269 g/mol. The lowest BCUT2D eigenvalue weighted by atomic mass is 10.1.